The van der Waals surface area contributed by atoms with E-state index in [1.807, 2.05) is 0 Å². The minimum atomic E-state index is -1.26. The highest BCUT2D eigenvalue weighted by molar-refractivity contribution is 6.31. The molecule has 0 saturated carbocycles. The number of halogens is 2. The van der Waals surface area contributed by atoms with Gasteiger partial charge in [-0.25, -0.2) is 0 Å². The van der Waals surface area contributed by atoms with Crippen molar-refractivity contribution in [3.8, 4) is 34.5 Å². The van der Waals surface area contributed by atoms with Crippen molar-refractivity contribution in [2.75, 3.05) is 27.2 Å². The third-order valence-electron chi connectivity index (χ3n) is 10.5. The van der Waals surface area contributed by atoms with E-state index in [1.165, 1.54) is 42.3 Å². The van der Waals surface area contributed by atoms with E-state index in [-0.39, 0.29) is 52.9 Å². The van der Waals surface area contributed by atoms with E-state index in [0.29, 0.717) is 62.3 Å². The van der Waals surface area contributed by atoms with Crippen molar-refractivity contribution in [1.29, 1.82) is 0 Å². The molecule has 6 aromatic rings. The molecule has 0 saturated heterocycles. The van der Waals surface area contributed by atoms with Crippen LogP contribution in [0.25, 0.3) is 0 Å². The first-order valence-corrected chi connectivity index (χ1v) is 21.7. The number of likely N-dealkylation sites (N-methyl/N-ethyl adjacent to an activating group) is 2. The zero-order chi connectivity index (χ0) is 49.2. The van der Waals surface area contributed by atoms with Gasteiger partial charge in [0.2, 0.25) is 0 Å². The highest BCUT2D eigenvalue weighted by atomic mass is 35.5. The third kappa shape index (κ3) is 13.7. The monoisotopic (exact) mass is 950 g/mol. The second-order valence-corrected chi connectivity index (χ2v) is 17.6. The van der Waals surface area contributed by atoms with E-state index in [2.05, 4.69) is 0 Å². The number of phenols is 4. The molecular formula is C52H52Cl2N2O11. The summed E-state index contributed by atoms with van der Waals surface area (Å²) >= 11 is 11.7. The van der Waals surface area contributed by atoms with Crippen molar-refractivity contribution < 1.29 is 54.2 Å². The summed E-state index contributed by atoms with van der Waals surface area (Å²) in [7, 11) is 3.21. The Labute approximate surface area is 399 Å². The van der Waals surface area contributed by atoms with Gasteiger partial charge >= 0.3 is 0 Å². The Morgan fingerprint density at radius 1 is 0.522 bits per heavy atom. The summed E-state index contributed by atoms with van der Waals surface area (Å²) in [6.07, 6.45) is -0.567. The minimum Gasteiger partial charge on any atom is -0.504 e. The van der Waals surface area contributed by atoms with E-state index < -0.39 is 17.3 Å². The number of carbonyl (C=O) groups excluding carboxylic acids is 4. The fraction of sp³-hybridized carbons (Fsp3) is 0.231. The minimum absolute atomic E-state index is 0.0512. The van der Waals surface area contributed by atoms with Crippen LogP contribution >= 0.6 is 23.2 Å². The fourth-order valence-electron chi connectivity index (χ4n) is 6.80. The molecule has 5 N–H and O–H groups in total. The lowest BCUT2D eigenvalue weighted by atomic mass is 10.0. The molecular weight excluding hydrogens is 899 g/mol. The van der Waals surface area contributed by atoms with Gasteiger partial charge in [-0.2, -0.15) is 0 Å². The van der Waals surface area contributed by atoms with Crippen LogP contribution in [0.1, 0.15) is 76.8 Å². The van der Waals surface area contributed by atoms with Crippen LogP contribution in [-0.2, 0) is 16.0 Å². The van der Waals surface area contributed by atoms with Crippen LogP contribution in [0.4, 0.5) is 0 Å². The highest BCUT2D eigenvalue weighted by Gasteiger charge is 2.34. The molecule has 1 atom stereocenters. The Morgan fingerprint density at radius 3 is 1.30 bits per heavy atom. The average Bonchev–Trinajstić information content (AvgIpc) is 3.30. The summed E-state index contributed by atoms with van der Waals surface area (Å²) in [5.41, 5.74) is 0.780. The van der Waals surface area contributed by atoms with Crippen LogP contribution < -0.4 is 9.47 Å². The van der Waals surface area contributed by atoms with Gasteiger partial charge in [0.25, 0.3) is 11.8 Å². The largest absolute Gasteiger partial charge is 0.504 e. The van der Waals surface area contributed by atoms with E-state index in [4.69, 9.17) is 32.7 Å². The van der Waals surface area contributed by atoms with Gasteiger partial charge in [0.1, 0.15) is 11.5 Å². The number of aliphatic hydroxyl groups is 1. The standard InChI is InChI=1S/C26H26ClNO6.C26H26ClNO5/c1-26(2,25(33)28(3)15-23(31)18-8-13-21(29)22(30)14-18)34-20-11-6-17(7-12-20)24(32)16-4-9-19(27)10-5-16;1-26(2,25(32)28(3)15-14-17-4-13-22(29)23(30)16-17)33-21-11-7-19(8-12-21)24(31)18-5-9-20(27)10-6-18/h4-14,23,29-31H,15H2,1-3H3;4-13,16,29-30H,14-15H2,1-3H3/t23-;/m0./s1. The predicted octanol–water partition coefficient (Wildman–Crippen LogP) is 9.17. The number of aliphatic hydroxyl groups excluding tert-OH is 1. The zero-order valence-electron chi connectivity index (χ0n) is 37.7. The lowest BCUT2D eigenvalue weighted by Crippen LogP contribution is -2.48. The molecule has 6 rings (SSSR count). The summed E-state index contributed by atoms with van der Waals surface area (Å²) in [4.78, 5) is 54.0. The average molecular weight is 952 g/mol. The third-order valence-corrected chi connectivity index (χ3v) is 11.0. The Bertz CT molecular complexity index is 2690. The van der Waals surface area contributed by atoms with Gasteiger partial charge < -0.3 is 44.8 Å². The normalized spacial score (nSPS) is 11.7. The number of phenolic OH excluding ortho intramolecular Hbond substituents is 4. The first-order chi connectivity index (χ1) is 31.5. The van der Waals surface area contributed by atoms with Crippen molar-refractivity contribution in [3.63, 3.8) is 0 Å². The zero-order valence-corrected chi connectivity index (χ0v) is 39.2. The van der Waals surface area contributed by atoms with E-state index in [0.717, 1.165) is 5.56 Å². The van der Waals surface area contributed by atoms with Crippen LogP contribution in [0.15, 0.2) is 133 Å². The van der Waals surface area contributed by atoms with Gasteiger partial charge in [-0.15, -0.1) is 0 Å². The molecule has 0 unspecified atom stereocenters. The van der Waals surface area contributed by atoms with Gasteiger partial charge in [0, 0.05) is 52.9 Å². The number of amides is 2. The molecule has 0 aliphatic carbocycles. The lowest BCUT2D eigenvalue weighted by molar-refractivity contribution is -0.145. The molecule has 0 aliphatic rings. The Kier molecular flexibility index (Phi) is 16.7. The van der Waals surface area contributed by atoms with Gasteiger partial charge in [-0.05, 0) is 167 Å². The molecule has 0 fully saturated rings. The topological polar surface area (TPSA) is 194 Å². The molecule has 15 heteroatoms. The fourth-order valence-corrected chi connectivity index (χ4v) is 7.05. The smallest absolute Gasteiger partial charge is 0.266 e. The molecule has 0 spiro atoms. The maximum Gasteiger partial charge on any atom is 0.266 e. The molecule has 13 nitrogen and oxygen atoms in total. The van der Waals surface area contributed by atoms with E-state index in [1.54, 1.807) is 143 Å². The molecule has 0 bridgehead atoms. The quantitative estimate of drug-likeness (QED) is 0.0459. The summed E-state index contributed by atoms with van der Waals surface area (Å²) < 4.78 is 11.8. The van der Waals surface area contributed by atoms with E-state index >= 15 is 0 Å². The highest BCUT2D eigenvalue weighted by Crippen LogP contribution is 2.30. The SMILES string of the molecule is CN(CCc1ccc(O)c(O)c1)C(=O)C(C)(C)Oc1ccc(C(=O)c2ccc(Cl)cc2)cc1.CN(C[C@H](O)c1ccc(O)c(O)c1)C(=O)C(C)(C)Oc1ccc(C(=O)c2ccc(Cl)cc2)cc1. The maximum absolute atomic E-state index is 13.0. The van der Waals surface area contributed by atoms with Crippen molar-refractivity contribution in [2.24, 2.45) is 0 Å². The predicted molar refractivity (Wildman–Crippen MR) is 256 cm³/mol. The Balaban J connectivity index is 0.000000251. The second kappa shape index (κ2) is 22.0. The second-order valence-electron chi connectivity index (χ2n) is 16.7. The van der Waals surface area contributed by atoms with Crippen LogP contribution in [0.5, 0.6) is 34.5 Å². The number of benzene rings is 6. The molecule has 0 radical (unpaired) electrons. The molecule has 67 heavy (non-hydrogen) atoms. The van der Waals surface area contributed by atoms with Gasteiger partial charge in [0.15, 0.2) is 45.8 Å². The van der Waals surface area contributed by atoms with Gasteiger partial charge in [0.05, 0.1) is 12.6 Å². The van der Waals surface area contributed by atoms with Crippen molar-refractivity contribution >= 4 is 46.6 Å². The maximum atomic E-state index is 13.0. The number of ketones is 2. The number of carbonyl (C=O) groups is 4. The Hall–Kier alpha value is -7.06. The molecule has 350 valence electrons. The van der Waals surface area contributed by atoms with Crippen molar-refractivity contribution in [1.82, 2.24) is 9.80 Å². The number of nitrogens with zero attached hydrogens (tertiary/aromatic N) is 2. The van der Waals surface area contributed by atoms with Crippen molar-refractivity contribution in [3.05, 3.63) is 177 Å². The molecule has 0 heterocycles. The van der Waals surface area contributed by atoms with Crippen LogP contribution in [0.2, 0.25) is 10.0 Å². The summed E-state index contributed by atoms with van der Waals surface area (Å²) in [6.45, 7) is 6.94. The Morgan fingerprint density at radius 2 is 0.896 bits per heavy atom. The van der Waals surface area contributed by atoms with E-state index in [9.17, 15) is 44.7 Å². The number of ether oxygens (including phenoxy) is 2. The number of aromatic hydroxyl groups is 4. The number of hydrogen-bond acceptors (Lipinski definition) is 11. The molecule has 2 amide bonds. The summed E-state index contributed by atoms with van der Waals surface area (Å²) in [5, 5.41) is 49.6. The van der Waals surface area contributed by atoms with Crippen LogP contribution in [-0.4, -0.2) is 97.1 Å². The van der Waals surface area contributed by atoms with Crippen LogP contribution in [0, 0.1) is 0 Å². The summed E-state index contributed by atoms with van der Waals surface area (Å²) in [5.74, 6) is -1.03. The van der Waals surface area contributed by atoms with Crippen LogP contribution in [0.3, 0.4) is 0 Å². The van der Waals surface area contributed by atoms with Crippen molar-refractivity contribution in [2.45, 2.75) is 51.4 Å². The van der Waals surface area contributed by atoms with Gasteiger partial charge in [-0.1, -0.05) is 35.3 Å². The molecule has 0 aliphatic heterocycles. The lowest BCUT2D eigenvalue weighted by Gasteiger charge is -2.31. The first kappa shape index (κ1) is 50.9. The molecule has 0 aromatic heterocycles. The summed E-state index contributed by atoms with van der Waals surface area (Å²) in [6, 6.07) is 35.0. The van der Waals surface area contributed by atoms with Gasteiger partial charge in [-0.3, -0.25) is 19.2 Å². The molecule has 6 aromatic carbocycles. The number of rotatable bonds is 16. The first-order valence-electron chi connectivity index (χ1n) is 20.9. The number of hydrogen-bond donors (Lipinski definition) is 5.